The predicted molar refractivity (Wildman–Crippen MR) is 84.2 cm³/mol. The number of aliphatic imine (C=N–C) groups is 1. The van der Waals surface area contributed by atoms with Crippen LogP contribution in [0.4, 0.5) is 13.2 Å². The Hall–Kier alpha value is -2.74. The molecule has 1 aliphatic heterocycles. The highest BCUT2D eigenvalue weighted by atomic mass is 19.4. The van der Waals surface area contributed by atoms with E-state index >= 15 is 0 Å². The zero-order valence-electron chi connectivity index (χ0n) is 13.1. The van der Waals surface area contributed by atoms with Crippen molar-refractivity contribution in [2.75, 3.05) is 0 Å². The minimum atomic E-state index is -4.89. The molecule has 1 heterocycles. The maximum atomic E-state index is 13.5. The number of carbonyl (C=O) groups excluding carboxylic acids is 1. The smallest absolute Gasteiger partial charge is 0.433 e. The summed E-state index contributed by atoms with van der Waals surface area (Å²) in [5.74, 6) is -2.07. The number of alkyl halides is 3. The molecule has 1 aromatic rings. The Bertz CT molecular complexity index is 820. The molecule has 0 spiro atoms. The Kier molecular flexibility index (Phi) is 5.22. The number of halogens is 3. The molecule has 0 saturated heterocycles. The number of hydrogen-bond acceptors (Lipinski definition) is 4. The summed E-state index contributed by atoms with van der Waals surface area (Å²) in [7, 11) is 0. The van der Waals surface area contributed by atoms with Crippen LogP contribution in [0.2, 0.25) is 0 Å². The number of aliphatic hydroxyl groups excluding tert-OH is 1. The lowest BCUT2D eigenvalue weighted by atomic mass is 9.88. The molecule has 5 nitrogen and oxygen atoms in total. The molecule has 2 rings (SSSR count). The molecule has 0 saturated carbocycles. The number of carboxylic acids is 1. The number of hydrogen-bond donors (Lipinski definition) is 2. The first kappa shape index (κ1) is 18.6. The van der Waals surface area contributed by atoms with Crippen LogP contribution in [0.1, 0.15) is 34.8 Å². The van der Waals surface area contributed by atoms with Crippen molar-refractivity contribution < 1.29 is 33.0 Å². The summed E-state index contributed by atoms with van der Waals surface area (Å²) in [5, 5.41) is 18.6. The second-order valence-corrected chi connectivity index (χ2v) is 5.32. The van der Waals surface area contributed by atoms with E-state index in [0.717, 1.165) is 25.3 Å². The molecule has 132 valence electrons. The summed E-state index contributed by atoms with van der Waals surface area (Å²) in [4.78, 5) is 26.8. The van der Waals surface area contributed by atoms with Gasteiger partial charge in [-0.2, -0.15) is 13.2 Å². The molecule has 0 unspecified atom stereocenters. The summed E-state index contributed by atoms with van der Waals surface area (Å²) in [6, 6.07) is 3.52. The number of rotatable bonds is 4. The zero-order valence-corrected chi connectivity index (χ0v) is 13.1. The number of benzene rings is 1. The summed E-state index contributed by atoms with van der Waals surface area (Å²) < 4.78 is 40.5. The summed E-state index contributed by atoms with van der Waals surface area (Å²) in [6.45, 7) is 0.616. The van der Waals surface area contributed by atoms with Crippen LogP contribution in [0.3, 0.4) is 0 Å². The molecule has 25 heavy (non-hydrogen) atoms. The number of aromatic carboxylic acids is 1. The number of allylic oxidation sites excluding steroid dienone is 3. The van der Waals surface area contributed by atoms with Gasteiger partial charge in [-0.1, -0.05) is 12.1 Å². The van der Waals surface area contributed by atoms with E-state index in [-0.39, 0.29) is 23.1 Å². The molecule has 0 aliphatic carbocycles. The van der Waals surface area contributed by atoms with E-state index in [9.17, 15) is 33.0 Å². The van der Waals surface area contributed by atoms with Crippen molar-refractivity contribution in [3.05, 3.63) is 52.7 Å². The predicted octanol–water partition coefficient (Wildman–Crippen LogP) is 3.14. The largest absolute Gasteiger partial charge is 0.478 e. The maximum Gasteiger partial charge on any atom is 0.433 e. The van der Waals surface area contributed by atoms with Crippen molar-refractivity contribution in [2.45, 2.75) is 26.1 Å². The van der Waals surface area contributed by atoms with Crippen LogP contribution in [0.15, 0.2) is 41.0 Å². The van der Waals surface area contributed by atoms with Crippen LogP contribution in [0, 0.1) is 0 Å². The Morgan fingerprint density at radius 3 is 2.48 bits per heavy atom. The number of nitrogens with zero attached hydrogens (tertiary/aromatic N) is 1. The van der Waals surface area contributed by atoms with Gasteiger partial charge in [0.2, 0.25) is 0 Å². The second-order valence-electron chi connectivity index (χ2n) is 5.32. The van der Waals surface area contributed by atoms with Gasteiger partial charge in [0.05, 0.1) is 12.2 Å². The van der Waals surface area contributed by atoms with Gasteiger partial charge in [0, 0.05) is 17.3 Å². The first-order valence-electron chi connectivity index (χ1n) is 7.18. The van der Waals surface area contributed by atoms with Gasteiger partial charge in [0.1, 0.15) is 0 Å². The quantitative estimate of drug-likeness (QED) is 0.871. The van der Waals surface area contributed by atoms with Crippen molar-refractivity contribution in [1.82, 2.24) is 0 Å². The van der Waals surface area contributed by atoms with Gasteiger partial charge in [0.25, 0.3) is 0 Å². The monoisotopic (exact) mass is 353 g/mol. The van der Waals surface area contributed by atoms with Gasteiger partial charge in [-0.25, -0.2) is 4.79 Å². The Balaban J connectivity index is 2.90. The number of carboxylic acid groups (broad SMARTS) is 1. The molecule has 0 aromatic heterocycles. The highest BCUT2D eigenvalue weighted by Gasteiger charge is 2.41. The van der Waals surface area contributed by atoms with Gasteiger partial charge in [-0.3, -0.25) is 9.79 Å². The molecule has 0 bridgehead atoms. The molecule has 0 fully saturated rings. The average molecular weight is 353 g/mol. The lowest BCUT2D eigenvalue weighted by Crippen LogP contribution is -2.26. The van der Waals surface area contributed by atoms with Crippen LogP contribution in [0.5, 0.6) is 0 Å². The molecular weight excluding hydrogens is 339 g/mol. The fourth-order valence-electron chi connectivity index (χ4n) is 2.52. The van der Waals surface area contributed by atoms with Crippen LogP contribution < -0.4 is 0 Å². The Morgan fingerprint density at radius 2 is 1.96 bits per heavy atom. The van der Waals surface area contributed by atoms with E-state index in [0.29, 0.717) is 0 Å². The molecule has 0 radical (unpaired) electrons. The van der Waals surface area contributed by atoms with Crippen LogP contribution in [-0.4, -0.2) is 33.9 Å². The minimum Gasteiger partial charge on any atom is -0.478 e. The van der Waals surface area contributed by atoms with Gasteiger partial charge in [-0.05, 0) is 36.6 Å². The number of Topliss-reactive ketones (excluding diaryl/α,β-unsaturated/α-hetero) is 1. The van der Waals surface area contributed by atoms with E-state index in [1.165, 1.54) is 12.1 Å². The van der Waals surface area contributed by atoms with Crippen molar-refractivity contribution in [3.63, 3.8) is 0 Å². The molecule has 2 N–H and O–H groups in total. The standard InChI is InChI=1S/C17H14F3NO4/c1-9(23)11-3-2-6-21-15(17(18,19)20)14(11)13-7-10(8-22)4-5-12(13)16(24)25/h2,4-7,22H,3,8H2,1H3,(H,24,25). The first-order valence-corrected chi connectivity index (χ1v) is 7.18. The van der Waals surface area contributed by atoms with E-state index in [2.05, 4.69) is 4.99 Å². The van der Waals surface area contributed by atoms with Crippen molar-refractivity contribution in [1.29, 1.82) is 0 Å². The third kappa shape index (κ3) is 3.85. The highest BCUT2D eigenvalue weighted by Crippen LogP contribution is 2.35. The third-order valence-corrected chi connectivity index (χ3v) is 3.63. The van der Waals surface area contributed by atoms with E-state index < -0.39 is 41.4 Å². The average Bonchev–Trinajstić information content (AvgIpc) is 2.76. The van der Waals surface area contributed by atoms with Gasteiger partial charge in [-0.15, -0.1) is 0 Å². The molecule has 1 aliphatic rings. The van der Waals surface area contributed by atoms with Crippen LogP contribution in [-0.2, 0) is 11.4 Å². The topological polar surface area (TPSA) is 87.0 Å². The maximum absolute atomic E-state index is 13.5. The lowest BCUT2D eigenvalue weighted by Gasteiger charge is -2.19. The summed E-state index contributed by atoms with van der Waals surface area (Å²) in [5.41, 5.74) is -2.60. The van der Waals surface area contributed by atoms with Gasteiger partial charge in [0.15, 0.2) is 11.5 Å². The Labute approximate surface area is 140 Å². The molecule has 0 atom stereocenters. The fourth-order valence-corrected chi connectivity index (χ4v) is 2.52. The lowest BCUT2D eigenvalue weighted by molar-refractivity contribution is -0.113. The normalized spacial score (nSPS) is 15.0. The molecule has 8 heteroatoms. The fraction of sp³-hybridized carbons (Fsp3) is 0.235. The van der Waals surface area contributed by atoms with Gasteiger partial charge < -0.3 is 10.2 Å². The zero-order chi connectivity index (χ0) is 18.8. The number of ketones is 1. The summed E-state index contributed by atoms with van der Waals surface area (Å²) >= 11 is 0. The minimum absolute atomic E-state index is 0.115. The van der Waals surface area contributed by atoms with Crippen LogP contribution in [0.25, 0.3) is 5.57 Å². The summed E-state index contributed by atoms with van der Waals surface area (Å²) in [6.07, 6.45) is -2.77. The van der Waals surface area contributed by atoms with Crippen LogP contribution >= 0.6 is 0 Å². The molecule has 0 amide bonds. The van der Waals surface area contributed by atoms with Crippen molar-refractivity contribution in [3.8, 4) is 0 Å². The van der Waals surface area contributed by atoms with Gasteiger partial charge >= 0.3 is 12.1 Å². The van der Waals surface area contributed by atoms with Crippen molar-refractivity contribution >= 4 is 23.0 Å². The second kappa shape index (κ2) is 7.02. The Morgan fingerprint density at radius 1 is 1.28 bits per heavy atom. The molecule has 1 aromatic carbocycles. The number of aliphatic hydroxyl groups is 1. The number of carbonyl (C=O) groups is 2. The first-order chi connectivity index (χ1) is 11.7. The van der Waals surface area contributed by atoms with E-state index in [1.54, 1.807) is 0 Å². The molecular formula is C17H14F3NO4. The SMILES string of the molecule is CC(=O)C1=C(c2cc(CO)ccc2C(=O)O)C(C(F)(F)F)=NC=CC1. The van der Waals surface area contributed by atoms with Crippen molar-refractivity contribution in [2.24, 2.45) is 4.99 Å². The highest BCUT2D eigenvalue weighted by molar-refractivity contribution is 6.32. The third-order valence-electron chi connectivity index (χ3n) is 3.63. The van der Waals surface area contributed by atoms with E-state index in [1.807, 2.05) is 0 Å². The van der Waals surface area contributed by atoms with E-state index in [4.69, 9.17) is 0 Å².